The molecule has 0 aromatic heterocycles. The topological polar surface area (TPSA) is 55.5 Å². The summed E-state index contributed by atoms with van der Waals surface area (Å²) in [5.74, 6) is 0. The van der Waals surface area contributed by atoms with Crippen LogP contribution >= 0.6 is 12.4 Å². The van der Waals surface area contributed by atoms with Gasteiger partial charge in [0, 0.05) is 19.8 Å². The lowest BCUT2D eigenvalue weighted by molar-refractivity contribution is 0.122. The Kier molecular flexibility index (Phi) is 14.6. The van der Waals surface area contributed by atoms with Crippen LogP contribution in [0.2, 0.25) is 0 Å². The average Bonchev–Trinajstić information content (AvgIpc) is 1.81. The fourth-order valence-electron chi connectivity index (χ4n) is 0.352. The molecule has 0 heterocycles. The maximum absolute atomic E-state index is 8.25. The number of halogens is 1. The molecule has 0 radical (unpaired) electrons. The van der Waals surface area contributed by atoms with Crippen LogP contribution in [0.1, 0.15) is 6.42 Å². The van der Waals surface area contributed by atoms with Crippen molar-refractivity contribution >= 4 is 12.4 Å². The van der Waals surface area contributed by atoms with Crippen molar-refractivity contribution in [2.75, 3.05) is 26.4 Å². The highest BCUT2D eigenvalue weighted by Gasteiger charge is 1.82. The van der Waals surface area contributed by atoms with Crippen molar-refractivity contribution < 1.29 is 9.84 Å². The quantitative estimate of drug-likeness (QED) is 0.540. The largest absolute Gasteiger partial charge is 0.396 e. The fraction of sp³-hybridized carbons (Fsp3) is 1.00. The van der Waals surface area contributed by atoms with Gasteiger partial charge < -0.3 is 15.6 Å². The van der Waals surface area contributed by atoms with E-state index < -0.39 is 0 Å². The van der Waals surface area contributed by atoms with E-state index in [1.54, 1.807) is 0 Å². The molecule has 0 aromatic carbocycles. The minimum Gasteiger partial charge on any atom is -0.396 e. The van der Waals surface area contributed by atoms with Crippen LogP contribution in [0.4, 0.5) is 0 Å². The zero-order chi connectivity index (χ0) is 6.24. The van der Waals surface area contributed by atoms with E-state index >= 15 is 0 Å². The van der Waals surface area contributed by atoms with Crippen molar-refractivity contribution in [1.29, 1.82) is 0 Å². The molecule has 0 atom stereocenters. The Bertz CT molecular complexity index is 39.9. The molecule has 0 saturated carbocycles. The van der Waals surface area contributed by atoms with Gasteiger partial charge in [0.1, 0.15) is 0 Å². The summed E-state index contributed by atoms with van der Waals surface area (Å²) in [6, 6.07) is 0. The second-order valence-electron chi connectivity index (χ2n) is 1.48. The molecular formula is C5H14ClNO2. The van der Waals surface area contributed by atoms with Gasteiger partial charge in [0.05, 0.1) is 6.61 Å². The van der Waals surface area contributed by atoms with E-state index in [1.165, 1.54) is 0 Å². The first-order valence-electron chi connectivity index (χ1n) is 2.80. The Morgan fingerprint density at radius 1 is 1.33 bits per heavy atom. The van der Waals surface area contributed by atoms with Crippen LogP contribution in [0, 0.1) is 0 Å². The van der Waals surface area contributed by atoms with E-state index in [4.69, 9.17) is 15.6 Å². The molecule has 0 aromatic rings. The SMILES string of the molecule is Cl.NCCOCCCO. The third-order valence-corrected chi connectivity index (χ3v) is 0.709. The molecule has 0 spiro atoms. The van der Waals surface area contributed by atoms with E-state index in [9.17, 15) is 0 Å². The molecule has 0 aliphatic carbocycles. The molecule has 9 heavy (non-hydrogen) atoms. The predicted molar refractivity (Wildman–Crippen MR) is 38.8 cm³/mol. The zero-order valence-corrected chi connectivity index (χ0v) is 6.19. The van der Waals surface area contributed by atoms with Gasteiger partial charge in [-0.3, -0.25) is 0 Å². The monoisotopic (exact) mass is 155 g/mol. The van der Waals surface area contributed by atoms with Crippen LogP contribution in [-0.4, -0.2) is 31.5 Å². The third kappa shape index (κ3) is 11.6. The number of nitrogens with two attached hydrogens (primary N) is 1. The lowest BCUT2D eigenvalue weighted by Gasteiger charge is -1.97. The summed E-state index contributed by atoms with van der Waals surface area (Å²) in [7, 11) is 0. The summed E-state index contributed by atoms with van der Waals surface area (Å²) in [6.07, 6.45) is 0.708. The Balaban J connectivity index is 0. The van der Waals surface area contributed by atoms with E-state index in [-0.39, 0.29) is 19.0 Å². The molecule has 0 unspecified atom stereocenters. The van der Waals surface area contributed by atoms with Gasteiger partial charge in [-0.25, -0.2) is 0 Å². The van der Waals surface area contributed by atoms with Crippen LogP contribution in [-0.2, 0) is 4.74 Å². The molecule has 0 fully saturated rings. The molecular weight excluding hydrogens is 142 g/mol. The zero-order valence-electron chi connectivity index (χ0n) is 5.38. The molecule has 3 N–H and O–H groups in total. The molecule has 0 amide bonds. The number of hydrogen-bond donors (Lipinski definition) is 2. The van der Waals surface area contributed by atoms with Crippen molar-refractivity contribution in [2.45, 2.75) is 6.42 Å². The van der Waals surface area contributed by atoms with Gasteiger partial charge in [0.25, 0.3) is 0 Å². The highest BCUT2D eigenvalue weighted by molar-refractivity contribution is 5.85. The summed E-state index contributed by atoms with van der Waals surface area (Å²) in [5.41, 5.74) is 5.12. The Labute approximate surface area is 61.6 Å². The molecule has 0 saturated heterocycles. The van der Waals surface area contributed by atoms with Crippen LogP contribution in [0.3, 0.4) is 0 Å². The summed E-state index contributed by atoms with van der Waals surface area (Å²) in [4.78, 5) is 0. The Hall–Kier alpha value is 0.170. The second kappa shape index (κ2) is 11.0. The molecule has 3 nitrogen and oxygen atoms in total. The van der Waals surface area contributed by atoms with E-state index in [0.717, 1.165) is 0 Å². The van der Waals surface area contributed by atoms with E-state index in [2.05, 4.69) is 0 Å². The normalized spacial score (nSPS) is 8.67. The number of aliphatic hydroxyl groups is 1. The van der Waals surface area contributed by atoms with Gasteiger partial charge in [-0.15, -0.1) is 12.4 Å². The maximum atomic E-state index is 8.25. The predicted octanol–water partition coefficient (Wildman–Crippen LogP) is -0.234. The first-order valence-corrected chi connectivity index (χ1v) is 2.80. The number of hydrogen-bond acceptors (Lipinski definition) is 3. The van der Waals surface area contributed by atoms with Gasteiger partial charge >= 0.3 is 0 Å². The smallest absolute Gasteiger partial charge is 0.0588 e. The van der Waals surface area contributed by atoms with Gasteiger partial charge in [-0.1, -0.05) is 0 Å². The molecule has 4 heteroatoms. The Morgan fingerprint density at radius 3 is 2.44 bits per heavy atom. The summed E-state index contributed by atoms with van der Waals surface area (Å²) in [6.45, 7) is 1.98. The average molecular weight is 156 g/mol. The number of aliphatic hydroxyl groups excluding tert-OH is 1. The van der Waals surface area contributed by atoms with Crippen molar-refractivity contribution in [2.24, 2.45) is 5.73 Å². The van der Waals surface area contributed by atoms with Crippen molar-refractivity contribution in [3.8, 4) is 0 Å². The van der Waals surface area contributed by atoms with Gasteiger partial charge in [0.15, 0.2) is 0 Å². The highest BCUT2D eigenvalue weighted by Crippen LogP contribution is 1.77. The van der Waals surface area contributed by atoms with Crippen LogP contribution < -0.4 is 5.73 Å². The summed E-state index contributed by atoms with van der Waals surface area (Å²) in [5, 5.41) is 8.25. The number of ether oxygens (including phenoxy) is 1. The molecule has 58 valence electrons. The van der Waals surface area contributed by atoms with Crippen LogP contribution in [0.15, 0.2) is 0 Å². The summed E-state index contributed by atoms with van der Waals surface area (Å²) >= 11 is 0. The minimum absolute atomic E-state index is 0. The highest BCUT2D eigenvalue weighted by atomic mass is 35.5. The standard InChI is InChI=1S/C5H13NO2.ClH/c6-2-5-8-4-1-3-7;/h7H,1-6H2;1H. The van der Waals surface area contributed by atoms with Crippen LogP contribution in [0.25, 0.3) is 0 Å². The Morgan fingerprint density at radius 2 is 2.00 bits per heavy atom. The lowest BCUT2D eigenvalue weighted by Crippen LogP contribution is -2.09. The van der Waals surface area contributed by atoms with Gasteiger partial charge in [-0.05, 0) is 6.42 Å². The van der Waals surface area contributed by atoms with Crippen molar-refractivity contribution in [3.63, 3.8) is 0 Å². The minimum atomic E-state index is 0. The maximum Gasteiger partial charge on any atom is 0.0588 e. The first-order chi connectivity index (χ1) is 3.91. The van der Waals surface area contributed by atoms with E-state index in [1.807, 2.05) is 0 Å². The summed E-state index contributed by atoms with van der Waals surface area (Å²) < 4.78 is 4.94. The third-order valence-electron chi connectivity index (χ3n) is 0.709. The fourth-order valence-corrected chi connectivity index (χ4v) is 0.352. The molecule has 0 rings (SSSR count). The van der Waals surface area contributed by atoms with Crippen molar-refractivity contribution in [3.05, 3.63) is 0 Å². The van der Waals surface area contributed by atoms with Gasteiger partial charge in [-0.2, -0.15) is 0 Å². The molecule has 0 bridgehead atoms. The van der Waals surface area contributed by atoms with Gasteiger partial charge in [0.2, 0.25) is 0 Å². The number of rotatable bonds is 5. The van der Waals surface area contributed by atoms with E-state index in [0.29, 0.717) is 26.2 Å². The van der Waals surface area contributed by atoms with Crippen molar-refractivity contribution in [1.82, 2.24) is 0 Å². The molecule has 0 aliphatic heterocycles. The second-order valence-corrected chi connectivity index (χ2v) is 1.48. The first kappa shape index (κ1) is 11.9. The van der Waals surface area contributed by atoms with Crippen LogP contribution in [0.5, 0.6) is 0 Å². The molecule has 0 aliphatic rings. The lowest BCUT2D eigenvalue weighted by atomic mass is 10.5.